The Hall–Kier alpha value is -0.300. The van der Waals surface area contributed by atoms with Gasteiger partial charge in [0.2, 0.25) is 0 Å². The van der Waals surface area contributed by atoms with E-state index in [9.17, 15) is 0 Å². The van der Waals surface area contributed by atoms with Crippen molar-refractivity contribution in [1.29, 1.82) is 0 Å². The average Bonchev–Trinajstić information content (AvgIpc) is 2.08. The minimum Gasteiger partial charge on any atom is -0.368 e. The minimum absolute atomic E-state index is 0.108. The summed E-state index contributed by atoms with van der Waals surface area (Å²) < 4.78 is 5.78. The van der Waals surface area contributed by atoms with Crippen LogP contribution in [0.25, 0.3) is 0 Å². The summed E-state index contributed by atoms with van der Waals surface area (Å²) in [6.07, 6.45) is 4.95. The molecule has 11 heavy (non-hydrogen) atoms. The normalized spacial score (nSPS) is 28.5. The molecule has 0 saturated carbocycles. The molecule has 1 atom stereocenters. The van der Waals surface area contributed by atoms with E-state index in [0.717, 1.165) is 0 Å². The molecule has 0 aromatic heterocycles. The maximum atomic E-state index is 5.78. The van der Waals surface area contributed by atoms with Crippen LogP contribution in [0.1, 0.15) is 40.5 Å². The molecule has 1 heterocycles. The molecule has 0 spiro atoms. The van der Waals surface area contributed by atoms with E-state index in [1.807, 2.05) is 0 Å². The zero-order valence-electron chi connectivity index (χ0n) is 7.98. The molecule has 1 aliphatic heterocycles. The van der Waals surface area contributed by atoms with Gasteiger partial charge in [-0.05, 0) is 40.5 Å². The SMILES string of the molecule is CC(C)=CC1CCC(C)(C)O1. The first-order valence-electron chi connectivity index (χ1n) is 4.32. The molecule has 0 aliphatic carbocycles. The molecular formula is C10H18O. The predicted molar refractivity (Wildman–Crippen MR) is 47.6 cm³/mol. The first-order chi connectivity index (χ1) is 4.99. The second-order valence-corrected chi connectivity index (χ2v) is 4.20. The Bertz CT molecular complexity index is 164. The van der Waals surface area contributed by atoms with Crippen molar-refractivity contribution in [2.45, 2.75) is 52.2 Å². The molecule has 0 N–H and O–H groups in total. The molecule has 1 saturated heterocycles. The topological polar surface area (TPSA) is 9.23 Å². The Morgan fingerprint density at radius 3 is 2.45 bits per heavy atom. The van der Waals surface area contributed by atoms with Gasteiger partial charge in [-0.2, -0.15) is 0 Å². The molecule has 1 fully saturated rings. The van der Waals surface area contributed by atoms with Gasteiger partial charge in [0.25, 0.3) is 0 Å². The molecule has 1 heteroatoms. The summed E-state index contributed by atoms with van der Waals surface area (Å²) in [7, 11) is 0. The monoisotopic (exact) mass is 154 g/mol. The Balaban J connectivity index is 2.49. The maximum Gasteiger partial charge on any atom is 0.0766 e. The lowest BCUT2D eigenvalue weighted by atomic mass is 10.1. The number of rotatable bonds is 1. The summed E-state index contributed by atoms with van der Waals surface area (Å²) >= 11 is 0. The molecule has 1 aliphatic rings. The van der Waals surface area contributed by atoms with E-state index in [4.69, 9.17) is 4.74 Å². The highest BCUT2D eigenvalue weighted by Gasteiger charge is 2.29. The van der Waals surface area contributed by atoms with E-state index in [1.54, 1.807) is 0 Å². The summed E-state index contributed by atoms with van der Waals surface area (Å²) in [6, 6.07) is 0. The van der Waals surface area contributed by atoms with Crippen molar-refractivity contribution in [2.75, 3.05) is 0 Å². The van der Waals surface area contributed by atoms with Gasteiger partial charge in [0, 0.05) is 0 Å². The van der Waals surface area contributed by atoms with E-state index in [0.29, 0.717) is 6.10 Å². The molecule has 1 unspecified atom stereocenters. The highest BCUT2D eigenvalue weighted by atomic mass is 16.5. The van der Waals surface area contributed by atoms with Crippen molar-refractivity contribution in [1.82, 2.24) is 0 Å². The minimum atomic E-state index is 0.108. The van der Waals surface area contributed by atoms with Gasteiger partial charge in [-0.3, -0.25) is 0 Å². The Labute approximate surface area is 69.4 Å². The first-order valence-corrected chi connectivity index (χ1v) is 4.32. The van der Waals surface area contributed by atoms with Crippen LogP contribution >= 0.6 is 0 Å². The van der Waals surface area contributed by atoms with Gasteiger partial charge in [-0.25, -0.2) is 0 Å². The zero-order chi connectivity index (χ0) is 8.48. The number of hydrogen-bond donors (Lipinski definition) is 0. The van der Waals surface area contributed by atoms with Crippen molar-refractivity contribution < 1.29 is 4.74 Å². The van der Waals surface area contributed by atoms with Gasteiger partial charge in [-0.1, -0.05) is 11.6 Å². The van der Waals surface area contributed by atoms with Crippen LogP contribution in [0, 0.1) is 0 Å². The fourth-order valence-electron chi connectivity index (χ4n) is 1.51. The summed E-state index contributed by atoms with van der Waals surface area (Å²) in [5.74, 6) is 0. The summed E-state index contributed by atoms with van der Waals surface area (Å²) in [4.78, 5) is 0. The van der Waals surface area contributed by atoms with Gasteiger partial charge in [0.1, 0.15) is 0 Å². The van der Waals surface area contributed by atoms with E-state index < -0.39 is 0 Å². The Kier molecular flexibility index (Phi) is 2.38. The molecule has 0 amide bonds. The van der Waals surface area contributed by atoms with Crippen molar-refractivity contribution in [3.05, 3.63) is 11.6 Å². The lowest BCUT2D eigenvalue weighted by Crippen LogP contribution is -2.19. The van der Waals surface area contributed by atoms with Crippen molar-refractivity contribution in [3.8, 4) is 0 Å². The van der Waals surface area contributed by atoms with Crippen LogP contribution in [-0.2, 0) is 4.74 Å². The zero-order valence-corrected chi connectivity index (χ0v) is 7.98. The van der Waals surface area contributed by atoms with E-state index in [-0.39, 0.29) is 5.60 Å². The number of allylic oxidation sites excluding steroid dienone is 1. The third kappa shape index (κ3) is 2.66. The predicted octanol–water partition coefficient (Wildman–Crippen LogP) is 2.91. The molecule has 64 valence electrons. The van der Waals surface area contributed by atoms with Crippen LogP contribution in [0.2, 0.25) is 0 Å². The van der Waals surface area contributed by atoms with E-state index in [2.05, 4.69) is 33.8 Å². The van der Waals surface area contributed by atoms with E-state index >= 15 is 0 Å². The molecule has 0 aromatic carbocycles. The lowest BCUT2D eigenvalue weighted by molar-refractivity contribution is 0.00494. The first kappa shape index (κ1) is 8.79. The van der Waals surface area contributed by atoms with Gasteiger partial charge < -0.3 is 4.74 Å². The summed E-state index contributed by atoms with van der Waals surface area (Å²) in [5, 5.41) is 0. The Morgan fingerprint density at radius 1 is 1.45 bits per heavy atom. The lowest BCUT2D eigenvalue weighted by Gasteiger charge is -2.17. The maximum absolute atomic E-state index is 5.78. The molecule has 0 aromatic rings. The van der Waals surface area contributed by atoms with Gasteiger partial charge in [-0.15, -0.1) is 0 Å². The standard InChI is InChI=1S/C10H18O/c1-8(2)7-9-5-6-10(3,4)11-9/h7,9H,5-6H2,1-4H3. The third-order valence-corrected chi connectivity index (χ3v) is 2.02. The quantitative estimate of drug-likeness (QED) is 0.528. The highest BCUT2D eigenvalue weighted by molar-refractivity contribution is 5.01. The van der Waals surface area contributed by atoms with Crippen LogP contribution in [0.3, 0.4) is 0 Å². The summed E-state index contributed by atoms with van der Waals surface area (Å²) in [6.45, 7) is 8.56. The highest BCUT2D eigenvalue weighted by Crippen LogP contribution is 2.30. The summed E-state index contributed by atoms with van der Waals surface area (Å²) in [5.41, 5.74) is 1.46. The Morgan fingerprint density at radius 2 is 2.09 bits per heavy atom. The van der Waals surface area contributed by atoms with Gasteiger partial charge in [0.05, 0.1) is 11.7 Å². The fraction of sp³-hybridized carbons (Fsp3) is 0.800. The fourth-order valence-corrected chi connectivity index (χ4v) is 1.51. The second-order valence-electron chi connectivity index (χ2n) is 4.20. The molecule has 0 bridgehead atoms. The van der Waals surface area contributed by atoms with Gasteiger partial charge >= 0.3 is 0 Å². The third-order valence-electron chi connectivity index (χ3n) is 2.02. The molecule has 0 radical (unpaired) electrons. The van der Waals surface area contributed by atoms with Crippen LogP contribution < -0.4 is 0 Å². The van der Waals surface area contributed by atoms with Crippen LogP contribution in [0.4, 0.5) is 0 Å². The van der Waals surface area contributed by atoms with E-state index in [1.165, 1.54) is 18.4 Å². The van der Waals surface area contributed by atoms with Crippen LogP contribution in [0.5, 0.6) is 0 Å². The molecular weight excluding hydrogens is 136 g/mol. The van der Waals surface area contributed by atoms with Crippen molar-refractivity contribution >= 4 is 0 Å². The smallest absolute Gasteiger partial charge is 0.0766 e. The van der Waals surface area contributed by atoms with Crippen LogP contribution in [-0.4, -0.2) is 11.7 Å². The number of ether oxygens (including phenoxy) is 1. The van der Waals surface area contributed by atoms with Gasteiger partial charge in [0.15, 0.2) is 0 Å². The second kappa shape index (κ2) is 2.98. The number of hydrogen-bond acceptors (Lipinski definition) is 1. The molecule has 1 rings (SSSR count). The average molecular weight is 154 g/mol. The van der Waals surface area contributed by atoms with Crippen LogP contribution in [0.15, 0.2) is 11.6 Å². The van der Waals surface area contributed by atoms with Crippen molar-refractivity contribution in [3.63, 3.8) is 0 Å². The largest absolute Gasteiger partial charge is 0.368 e. The molecule has 1 nitrogen and oxygen atoms in total. The van der Waals surface area contributed by atoms with Crippen molar-refractivity contribution in [2.24, 2.45) is 0 Å².